The van der Waals surface area contributed by atoms with Gasteiger partial charge in [-0.25, -0.2) is 14.4 Å². The number of aliphatic hydroxyl groups is 3. The molecular formula is C59H62ILiN6O12. The van der Waals surface area contributed by atoms with Crippen LogP contribution >= 0.6 is 0 Å². The van der Waals surface area contributed by atoms with Gasteiger partial charge in [0.15, 0.2) is 16.7 Å². The number of benzene rings is 3. The van der Waals surface area contributed by atoms with Crippen molar-refractivity contribution in [1.29, 1.82) is 0 Å². The predicted octanol–water partition coefficient (Wildman–Crippen LogP) is 1.25. The third-order valence-corrected chi connectivity index (χ3v) is 16.9. The maximum atomic E-state index is 12.5. The third kappa shape index (κ3) is 9.79. The van der Waals surface area contributed by atoms with E-state index in [0.717, 1.165) is 98.5 Å². The molecule has 8 N–H and O–H groups in total. The number of aliphatic hydroxyl groups excluding tert-OH is 3. The molecule has 5 aromatic rings. The summed E-state index contributed by atoms with van der Waals surface area (Å²) in [5.74, 6) is -6.52. The molecule has 408 valence electrons. The van der Waals surface area contributed by atoms with Crippen LogP contribution in [0.5, 0.6) is 0 Å². The van der Waals surface area contributed by atoms with Gasteiger partial charge in [0.05, 0.1) is 43.4 Å². The Morgan fingerprint density at radius 3 is 1.38 bits per heavy atom. The smallest absolute Gasteiger partial charge is 1.00 e. The quantitative estimate of drug-likeness (QED) is 0.0547. The summed E-state index contributed by atoms with van der Waals surface area (Å²) in [6.07, 6.45) is 7.88. The van der Waals surface area contributed by atoms with Crippen LogP contribution in [0, 0.1) is 56.3 Å². The molecule has 2 aromatic heterocycles. The van der Waals surface area contributed by atoms with Gasteiger partial charge in [0.25, 0.3) is 17.7 Å². The van der Waals surface area contributed by atoms with Crippen molar-refractivity contribution in [3.05, 3.63) is 144 Å². The van der Waals surface area contributed by atoms with Gasteiger partial charge in [-0.1, -0.05) is 51.1 Å². The van der Waals surface area contributed by atoms with Crippen LogP contribution in [0.4, 0.5) is 5.69 Å². The average Bonchev–Trinajstić information content (AvgIpc) is 3.46. The maximum absolute atomic E-state index is 12.5. The number of carbonyl (C=O) groups is 6. The summed E-state index contributed by atoms with van der Waals surface area (Å²) >= 11 is 0. The van der Waals surface area contributed by atoms with Gasteiger partial charge in [-0.2, -0.15) is 0 Å². The molecule has 12 rings (SSSR count). The van der Waals surface area contributed by atoms with Crippen molar-refractivity contribution in [2.45, 2.75) is 91.8 Å². The van der Waals surface area contributed by atoms with Crippen molar-refractivity contribution < 1.29 is 102 Å². The Labute approximate surface area is 485 Å². The second-order valence-electron chi connectivity index (χ2n) is 21.5. The zero-order valence-electron chi connectivity index (χ0n) is 45.5. The van der Waals surface area contributed by atoms with Gasteiger partial charge in [0.2, 0.25) is 0 Å². The molecule has 18 nitrogen and oxygen atoms in total. The zero-order valence-corrected chi connectivity index (χ0v) is 47.6. The number of aryl methyl sites for hydroxylation is 3. The van der Waals surface area contributed by atoms with E-state index in [9.17, 15) is 49.2 Å². The first-order valence-electron chi connectivity index (χ1n) is 26.0. The summed E-state index contributed by atoms with van der Waals surface area (Å²) < 4.78 is 9.35. The number of nitrogens with zero attached hydrogens (tertiary/aromatic N) is 2. The molecule has 0 fully saturated rings. The van der Waals surface area contributed by atoms with Gasteiger partial charge in [-0.3, -0.25) is 24.4 Å². The van der Waals surface area contributed by atoms with Crippen molar-refractivity contribution in [1.82, 2.24) is 25.9 Å². The van der Waals surface area contributed by atoms with Crippen LogP contribution in [-0.2, 0) is 63.9 Å². The van der Waals surface area contributed by atoms with Crippen molar-refractivity contribution in [3.63, 3.8) is 0 Å². The Kier molecular flexibility index (Phi) is 16.7. The van der Waals surface area contributed by atoms with Crippen LogP contribution in [0.3, 0.4) is 0 Å². The van der Waals surface area contributed by atoms with Crippen molar-refractivity contribution in [2.75, 3.05) is 26.1 Å². The van der Waals surface area contributed by atoms with Gasteiger partial charge in [-0.05, 0) is 138 Å². The van der Waals surface area contributed by atoms with Crippen molar-refractivity contribution >= 4 is 63.1 Å². The van der Waals surface area contributed by atoms with E-state index in [1.54, 1.807) is 12.4 Å². The Hall–Kier alpha value is -6.95. The molecule has 20 heteroatoms. The minimum Gasteiger partial charge on any atom is -1.00 e. The molecule has 79 heavy (non-hydrogen) atoms. The number of carboxylic acids is 1. The Morgan fingerprint density at radius 2 is 0.962 bits per heavy atom. The SMILES string of the molecule is COC(=O)C1=C(O)C2C(C)Cc3c(cc(C)c4c3CCCN4)C2NC1=O.COC(=O)C1=C(O)C2C(C)Cc3c(cc(C)c4ncccc34)C2NC1=O.Cc1cc2c(c3cccnc13)CC(C)C1C(O)=C(C(=O)O)C(=O)NC21.[I-].[Li+]. The molecule has 3 aliphatic carbocycles. The van der Waals surface area contributed by atoms with E-state index in [-0.39, 0.29) is 113 Å². The number of carboxylic acid groups (broad SMARTS) is 1. The monoisotopic (exact) mass is 1180 g/mol. The number of rotatable bonds is 3. The molecule has 0 saturated carbocycles. The van der Waals surface area contributed by atoms with Gasteiger partial charge in [0.1, 0.15) is 17.3 Å². The number of carbonyl (C=O) groups excluding carboxylic acids is 5. The van der Waals surface area contributed by atoms with E-state index in [1.807, 2.05) is 64.1 Å². The number of amides is 3. The fraction of sp³-hybridized carbons (Fsp3) is 0.390. The number of hydrogen-bond donors (Lipinski definition) is 8. The van der Waals surface area contributed by atoms with E-state index in [4.69, 9.17) is 0 Å². The molecule has 0 radical (unpaired) electrons. The molecular weight excluding hydrogens is 1120 g/mol. The molecule has 0 saturated heterocycles. The molecule has 9 unspecified atom stereocenters. The van der Waals surface area contributed by atoms with Gasteiger partial charge in [0, 0.05) is 53.2 Å². The number of nitrogens with one attached hydrogen (secondary N) is 4. The number of aliphatic carboxylic acids is 1. The fourth-order valence-corrected chi connectivity index (χ4v) is 13.5. The van der Waals surface area contributed by atoms with Crippen LogP contribution in [-0.4, -0.2) is 86.8 Å². The van der Waals surface area contributed by atoms with Crippen LogP contribution in [0.25, 0.3) is 21.8 Å². The zero-order chi connectivity index (χ0) is 55.0. The second-order valence-corrected chi connectivity index (χ2v) is 21.5. The maximum Gasteiger partial charge on any atom is 1.00 e. The first kappa shape index (κ1) is 58.2. The summed E-state index contributed by atoms with van der Waals surface area (Å²) in [7, 11) is 2.41. The minimum atomic E-state index is -1.40. The Balaban J connectivity index is 0.000000154. The van der Waals surface area contributed by atoms with Crippen LogP contribution in [0.15, 0.2) is 88.9 Å². The average molecular weight is 1180 g/mol. The summed E-state index contributed by atoms with van der Waals surface area (Å²) in [6, 6.07) is 12.9. The molecule has 6 heterocycles. The van der Waals surface area contributed by atoms with E-state index >= 15 is 0 Å². The van der Waals surface area contributed by atoms with Crippen LogP contribution in [0.1, 0.15) is 101 Å². The van der Waals surface area contributed by atoms with E-state index in [1.165, 1.54) is 31.0 Å². The van der Waals surface area contributed by atoms with Gasteiger partial charge < -0.3 is 75.1 Å². The summed E-state index contributed by atoms with van der Waals surface area (Å²) in [6.45, 7) is 13.1. The summed E-state index contributed by atoms with van der Waals surface area (Å²) in [5, 5.41) is 55.5. The molecule has 3 amide bonds. The van der Waals surface area contributed by atoms with Crippen molar-refractivity contribution in [3.8, 4) is 0 Å². The number of hydrogen-bond acceptors (Lipinski definition) is 14. The molecule has 4 aliphatic heterocycles. The second kappa shape index (κ2) is 22.7. The van der Waals surface area contributed by atoms with E-state index in [2.05, 4.69) is 60.6 Å². The third-order valence-electron chi connectivity index (χ3n) is 16.9. The topological polar surface area (TPSA) is 276 Å². The number of anilines is 1. The normalized spacial score (nSPS) is 25.0. The van der Waals surface area contributed by atoms with E-state index < -0.39 is 53.2 Å². The molecule has 7 aliphatic rings. The Bertz CT molecular complexity index is 3520. The predicted molar refractivity (Wildman–Crippen MR) is 283 cm³/mol. The Morgan fingerprint density at radius 1 is 0.582 bits per heavy atom. The number of methoxy groups -OCH3 is 2. The number of pyridine rings is 2. The molecule has 3 aromatic carbocycles. The van der Waals surface area contributed by atoms with E-state index in [0.29, 0.717) is 6.42 Å². The summed E-state index contributed by atoms with van der Waals surface area (Å²) in [5.41, 5.74) is 13.0. The minimum absolute atomic E-state index is 0. The number of fused-ring (bicyclic) bond motifs is 15. The molecule has 0 spiro atoms. The number of esters is 2. The van der Waals surface area contributed by atoms with Crippen LogP contribution < -0.4 is 64.1 Å². The van der Waals surface area contributed by atoms with Gasteiger partial charge >= 0.3 is 36.8 Å². The van der Waals surface area contributed by atoms with Crippen molar-refractivity contribution in [2.24, 2.45) is 35.5 Å². The fourth-order valence-electron chi connectivity index (χ4n) is 13.5. The largest absolute Gasteiger partial charge is 1.00 e. The van der Waals surface area contributed by atoms with Crippen LogP contribution in [0.2, 0.25) is 0 Å². The number of ether oxygens (including phenoxy) is 2. The molecule has 0 bridgehead atoms. The summed E-state index contributed by atoms with van der Waals surface area (Å²) in [4.78, 5) is 81.4. The molecule has 9 atom stereocenters. The standard InChI is InChI=1S/C20H24N2O4.C20H20N2O4.C19H18N2O4.HI.Li/c2*1-9-7-12-11-5-4-6-21-16(11)10(2)8-13(12)17-14(9)18(23)15(19(24)22-17)20(25)26-3;1-8-6-11-10-4-3-5-20-15(10)9(2)7-12(11)16-13(8)17(22)14(19(24)25)18(23)21-16;;/h8-9,14,17,21,23H,4-7H2,1-3H3,(H,22,24);4-6,8-9,14,17,23H,7H2,1-3H3,(H,22,24);3-5,7-8,13,16,22H,6H2,1-2H3,(H,21,23)(H,24,25);1H;/q;;;;+1/p-1. The first-order valence-corrected chi connectivity index (χ1v) is 26.0. The first-order chi connectivity index (χ1) is 36.8. The number of halogens is 1. The number of aromatic nitrogens is 2. The van der Waals surface area contributed by atoms with Gasteiger partial charge in [-0.15, -0.1) is 0 Å².